The Bertz CT molecular complexity index is 617. The molecule has 144 valence electrons. The molecule has 1 aromatic rings. The van der Waals surface area contributed by atoms with Gasteiger partial charge in [-0.3, -0.25) is 4.79 Å². The molecule has 26 heavy (non-hydrogen) atoms. The van der Waals surface area contributed by atoms with Gasteiger partial charge in [0.25, 0.3) is 0 Å². The Morgan fingerprint density at radius 2 is 1.77 bits per heavy atom. The molecular weight excluding hydrogens is 327 g/mol. The first kappa shape index (κ1) is 19.4. The van der Waals surface area contributed by atoms with E-state index in [4.69, 9.17) is 4.74 Å². The number of rotatable bonds is 7. The standard InChI is InChI=1S/C23H33FO2/c1-3-4-5-6-17-7-9-18(10-8-17)11-12-19-13-14-20-15-16(2)23(25)26-22(20)21(19)24/h13-14,16-18H,3-12,15H2,1-2H3. The summed E-state index contributed by atoms with van der Waals surface area (Å²) in [4.78, 5) is 11.8. The van der Waals surface area contributed by atoms with Crippen molar-refractivity contribution in [3.05, 3.63) is 29.1 Å². The van der Waals surface area contributed by atoms with Crippen LogP contribution in [0.3, 0.4) is 0 Å². The van der Waals surface area contributed by atoms with Gasteiger partial charge in [-0.25, -0.2) is 4.39 Å². The summed E-state index contributed by atoms with van der Waals surface area (Å²) in [7, 11) is 0. The molecule has 1 unspecified atom stereocenters. The molecule has 1 atom stereocenters. The van der Waals surface area contributed by atoms with Gasteiger partial charge in [0.2, 0.25) is 0 Å². The molecule has 3 heteroatoms. The van der Waals surface area contributed by atoms with E-state index in [0.29, 0.717) is 12.0 Å². The highest BCUT2D eigenvalue weighted by Gasteiger charge is 2.28. The van der Waals surface area contributed by atoms with Crippen molar-refractivity contribution in [1.29, 1.82) is 0 Å². The zero-order valence-electron chi connectivity index (χ0n) is 16.4. The average molecular weight is 361 g/mol. The summed E-state index contributed by atoms with van der Waals surface area (Å²) in [5.41, 5.74) is 1.53. The molecule has 1 fully saturated rings. The van der Waals surface area contributed by atoms with Gasteiger partial charge in [-0.1, -0.05) is 77.3 Å². The summed E-state index contributed by atoms with van der Waals surface area (Å²) in [6.45, 7) is 4.09. The minimum absolute atomic E-state index is 0.180. The highest BCUT2D eigenvalue weighted by Crippen LogP contribution is 2.36. The van der Waals surface area contributed by atoms with E-state index in [0.717, 1.165) is 30.2 Å². The molecule has 0 amide bonds. The van der Waals surface area contributed by atoms with Gasteiger partial charge in [0.15, 0.2) is 11.6 Å². The van der Waals surface area contributed by atoms with Crippen LogP contribution in [0, 0.1) is 23.6 Å². The first-order valence-corrected chi connectivity index (χ1v) is 10.6. The Kier molecular flexibility index (Phi) is 6.72. The van der Waals surface area contributed by atoms with Crippen LogP contribution in [0.4, 0.5) is 4.39 Å². The SMILES string of the molecule is CCCCCC1CCC(CCc2ccc3c(c2F)OC(=O)C(C)C3)CC1. The third-order valence-corrected chi connectivity index (χ3v) is 6.39. The fraction of sp³-hybridized carbons (Fsp3) is 0.696. The number of carbonyl (C=O) groups is 1. The third kappa shape index (κ3) is 4.66. The number of fused-ring (bicyclic) bond motifs is 1. The average Bonchev–Trinajstić information content (AvgIpc) is 2.64. The maximum absolute atomic E-state index is 14.8. The Morgan fingerprint density at radius 1 is 1.08 bits per heavy atom. The third-order valence-electron chi connectivity index (χ3n) is 6.39. The smallest absolute Gasteiger partial charge is 0.314 e. The molecule has 0 spiro atoms. The lowest BCUT2D eigenvalue weighted by molar-refractivity contribution is -0.139. The van der Waals surface area contributed by atoms with Crippen molar-refractivity contribution in [3.8, 4) is 5.75 Å². The predicted octanol–water partition coefficient (Wildman–Crippen LogP) is 6.24. The Labute approximate surface area is 157 Å². The van der Waals surface area contributed by atoms with Gasteiger partial charge in [0.1, 0.15) is 0 Å². The molecule has 0 N–H and O–H groups in total. The zero-order valence-corrected chi connectivity index (χ0v) is 16.4. The molecule has 1 aliphatic heterocycles. The van der Waals surface area contributed by atoms with Crippen LogP contribution in [0.5, 0.6) is 5.75 Å². The monoisotopic (exact) mass is 360 g/mol. The number of hydrogen-bond donors (Lipinski definition) is 0. The number of ether oxygens (including phenoxy) is 1. The van der Waals surface area contributed by atoms with Crippen molar-refractivity contribution in [2.75, 3.05) is 0 Å². The highest BCUT2D eigenvalue weighted by atomic mass is 19.1. The van der Waals surface area contributed by atoms with Gasteiger partial charge in [0, 0.05) is 0 Å². The predicted molar refractivity (Wildman–Crippen MR) is 103 cm³/mol. The fourth-order valence-corrected chi connectivity index (χ4v) is 4.57. The molecule has 1 saturated carbocycles. The first-order chi connectivity index (χ1) is 12.6. The van der Waals surface area contributed by atoms with Crippen molar-refractivity contribution < 1.29 is 13.9 Å². The normalized spacial score (nSPS) is 25.7. The number of benzene rings is 1. The number of esters is 1. The summed E-state index contributed by atoms with van der Waals surface area (Å²) < 4.78 is 20.0. The van der Waals surface area contributed by atoms with Crippen LogP contribution in [-0.4, -0.2) is 5.97 Å². The Morgan fingerprint density at radius 3 is 2.46 bits per heavy atom. The van der Waals surface area contributed by atoms with Crippen LogP contribution in [-0.2, 0) is 17.6 Å². The van der Waals surface area contributed by atoms with E-state index in [2.05, 4.69) is 6.92 Å². The van der Waals surface area contributed by atoms with E-state index in [9.17, 15) is 9.18 Å². The van der Waals surface area contributed by atoms with Crippen LogP contribution in [0.15, 0.2) is 12.1 Å². The maximum atomic E-state index is 14.8. The molecule has 0 aromatic heterocycles. The number of aryl methyl sites for hydroxylation is 1. The van der Waals surface area contributed by atoms with Gasteiger partial charge in [-0.2, -0.15) is 0 Å². The fourth-order valence-electron chi connectivity index (χ4n) is 4.57. The van der Waals surface area contributed by atoms with E-state index < -0.39 is 0 Å². The molecule has 3 rings (SSSR count). The van der Waals surface area contributed by atoms with Crippen LogP contribution in [0.1, 0.15) is 82.8 Å². The number of unbranched alkanes of at least 4 members (excludes halogenated alkanes) is 2. The highest BCUT2D eigenvalue weighted by molar-refractivity contribution is 5.77. The summed E-state index contributed by atoms with van der Waals surface area (Å²) in [5, 5.41) is 0. The van der Waals surface area contributed by atoms with Gasteiger partial charge in [-0.15, -0.1) is 0 Å². The van der Waals surface area contributed by atoms with Crippen molar-refractivity contribution in [2.45, 2.75) is 84.5 Å². The molecule has 0 saturated heterocycles. The number of carbonyl (C=O) groups excluding carboxylic acids is 1. The summed E-state index contributed by atoms with van der Waals surface area (Å²) in [6, 6.07) is 3.84. The minimum atomic E-state index is -0.310. The second-order valence-electron chi connectivity index (χ2n) is 8.47. The lowest BCUT2D eigenvalue weighted by atomic mass is 9.77. The van der Waals surface area contributed by atoms with E-state index in [1.54, 1.807) is 0 Å². The number of hydrogen-bond acceptors (Lipinski definition) is 2. The Hall–Kier alpha value is -1.38. The van der Waals surface area contributed by atoms with Crippen molar-refractivity contribution in [2.24, 2.45) is 17.8 Å². The maximum Gasteiger partial charge on any atom is 0.314 e. The van der Waals surface area contributed by atoms with Gasteiger partial charge in [0.05, 0.1) is 5.92 Å². The first-order valence-electron chi connectivity index (χ1n) is 10.6. The summed E-state index contributed by atoms with van der Waals surface area (Å²) in [5.74, 6) is 1.02. The van der Waals surface area contributed by atoms with E-state index in [1.807, 2.05) is 19.1 Å². The molecule has 0 radical (unpaired) electrons. The van der Waals surface area contributed by atoms with Crippen LogP contribution >= 0.6 is 0 Å². The zero-order chi connectivity index (χ0) is 18.5. The molecule has 0 bridgehead atoms. The second-order valence-corrected chi connectivity index (χ2v) is 8.47. The molecule has 1 aromatic carbocycles. The van der Waals surface area contributed by atoms with Crippen molar-refractivity contribution in [3.63, 3.8) is 0 Å². The number of halogens is 1. The van der Waals surface area contributed by atoms with Gasteiger partial charge < -0.3 is 4.74 Å². The van der Waals surface area contributed by atoms with Crippen LogP contribution in [0.25, 0.3) is 0 Å². The minimum Gasteiger partial charge on any atom is -0.423 e. The van der Waals surface area contributed by atoms with Crippen molar-refractivity contribution >= 4 is 5.97 Å². The summed E-state index contributed by atoms with van der Waals surface area (Å²) >= 11 is 0. The molecular formula is C23H33FO2. The molecule has 1 aliphatic carbocycles. The van der Waals surface area contributed by atoms with Gasteiger partial charge in [-0.05, 0) is 42.2 Å². The molecule has 2 aliphatic rings. The lowest BCUT2D eigenvalue weighted by Crippen LogP contribution is -2.26. The van der Waals surface area contributed by atoms with E-state index in [-0.39, 0.29) is 23.5 Å². The largest absolute Gasteiger partial charge is 0.423 e. The topological polar surface area (TPSA) is 26.3 Å². The Balaban J connectivity index is 1.50. The quantitative estimate of drug-likeness (QED) is 0.327. The van der Waals surface area contributed by atoms with Crippen LogP contribution < -0.4 is 4.74 Å². The summed E-state index contributed by atoms with van der Waals surface area (Å²) in [6.07, 6.45) is 13.1. The van der Waals surface area contributed by atoms with Gasteiger partial charge >= 0.3 is 5.97 Å². The van der Waals surface area contributed by atoms with Crippen molar-refractivity contribution in [1.82, 2.24) is 0 Å². The van der Waals surface area contributed by atoms with E-state index in [1.165, 1.54) is 51.4 Å². The second kappa shape index (κ2) is 9.01. The molecule has 1 heterocycles. The van der Waals surface area contributed by atoms with E-state index >= 15 is 0 Å². The molecule has 2 nitrogen and oxygen atoms in total. The lowest BCUT2D eigenvalue weighted by Gasteiger charge is -2.29. The van der Waals surface area contributed by atoms with Crippen LogP contribution in [0.2, 0.25) is 0 Å².